The van der Waals surface area contributed by atoms with Gasteiger partial charge in [0.1, 0.15) is 0 Å². The Balaban J connectivity index is 2.26. The summed E-state index contributed by atoms with van der Waals surface area (Å²) in [7, 11) is 0. The zero-order valence-electron chi connectivity index (χ0n) is 11.8. The molecule has 0 spiro atoms. The summed E-state index contributed by atoms with van der Waals surface area (Å²) in [5, 5.41) is 0. The van der Waals surface area contributed by atoms with Crippen LogP contribution < -0.4 is 5.73 Å². The second-order valence-corrected chi connectivity index (χ2v) is 5.57. The third kappa shape index (κ3) is 5.39. The molecule has 2 heteroatoms. The summed E-state index contributed by atoms with van der Waals surface area (Å²) >= 11 is 0. The van der Waals surface area contributed by atoms with Gasteiger partial charge in [-0.15, -0.1) is 0 Å². The molecule has 0 aromatic carbocycles. The van der Waals surface area contributed by atoms with Crippen molar-refractivity contribution in [3.05, 3.63) is 0 Å². The smallest absolute Gasteiger partial charge is 0.0615 e. The van der Waals surface area contributed by atoms with Crippen LogP contribution in [0.1, 0.15) is 65.2 Å². The third-order valence-electron chi connectivity index (χ3n) is 4.23. The highest BCUT2D eigenvalue weighted by atomic mass is 16.5. The molecule has 0 heterocycles. The number of rotatable bonds is 8. The summed E-state index contributed by atoms with van der Waals surface area (Å²) in [6, 6.07) is 0. The standard InChI is InChI=1S/C15H31NO/c1-3-5-8-13(4-2)12-17-15-10-7-6-9-14(15)11-16/h13-15H,3-12,16H2,1-2H3. The molecule has 1 aliphatic carbocycles. The van der Waals surface area contributed by atoms with Crippen molar-refractivity contribution in [2.75, 3.05) is 13.2 Å². The highest BCUT2D eigenvalue weighted by Crippen LogP contribution is 2.27. The van der Waals surface area contributed by atoms with Gasteiger partial charge in [-0.05, 0) is 37.6 Å². The van der Waals surface area contributed by atoms with E-state index in [9.17, 15) is 0 Å². The van der Waals surface area contributed by atoms with Gasteiger partial charge in [0.15, 0.2) is 0 Å². The Kier molecular flexibility index (Phi) is 7.87. The van der Waals surface area contributed by atoms with Crippen molar-refractivity contribution >= 4 is 0 Å². The molecule has 0 aromatic heterocycles. The minimum absolute atomic E-state index is 0.449. The molecule has 102 valence electrons. The van der Waals surface area contributed by atoms with Gasteiger partial charge in [0, 0.05) is 6.61 Å². The van der Waals surface area contributed by atoms with Crippen LogP contribution in [0, 0.1) is 11.8 Å². The van der Waals surface area contributed by atoms with E-state index in [1.165, 1.54) is 51.4 Å². The Bertz CT molecular complexity index is 184. The molecule has 2 nitrogen and oxygen atoms in total. The first-order valence-electron chi connectivity index (χ1n) is 7.63. The normalized spacial score (nSPS) is 27.0. The van der Waals surface area contributed by atoms with Gasteiger partial charge in [0.2, 0.25) is 0 Å². The van der Waals surface area contributed by atoms with Gasteiger partial charge in [0.05, 0.1) is 6.10 Å². The number of nitrogens with two attached hydrogens (primary N) is 1. The molecular weight excluding hydrogens is 210 g/mol. The number of unbranched alkanes of at least 4 members (excludes halogenated alkanes) is 1. The van der Waals surface area contributed by atoms with E-state index in [2.05, 4.69) is 13.8 Å². The van der Waals surface area contributed by atoms with Crippen LogP contribution in [0.25, 0.3) is 0 Å². The van der Waals surface area contributed by atoms with Crippen molar-refractivity contribution in [2.24, 2.45) is 17.6 Å². The lowest BCUT2D eigenvalue weighted by atomic mass is 9.86. The van der Waals surface area contributed by atoms with Gasteiger partial charge in [0.25, 0.3) is 0 Å². The molecule has 0 radical (unpaired) electrons. The minimum Gasteiger partial charge on any atom is -0.378 e. The van der Waals surface area contributed by atoms with E-state index in [1.807, 2.05) is 0 Å². The van der Waals surface area contributed by atoms with Gasteiger partial charge < -0.3 is 10.5 Å². The summed E-state index contributed by atoms with van der Waals surface area (Å²) < 4.78 is 6.16. The van der Waals surface area contributed by atoms with Crippen LogP contribution in [0.2, 0.25) is 0 Å². The predicted octanol–water partition coefficient (Wildman–Crippen LogP) is 3.74. The Morgan fingerprint density at radius 2 is 2.00 bits per heavy atom. The first kappa shape index (κ1) is 15.0. The SMILES string of the molecule is CCCCC(CC)COC1CCCCC1CN. The van der Waals surface area contributed by atoms with Crippen LogP contribution in [0.4, 0.5) is 0 Å². The lowest BCUT2D eigenvalue weighted by molar-refractivity contribution is -0.0262. The summed E-state index contributed by atoms with van der Waals surface area (Å²) in [4.78, 5) is 0. The second-order valence-electron chi connectivity index (χ2n) is 5.57. The monoisotopic (exact) mass is 241 g/mol. The maximum Gasteiger partial charge on any atom is 0.0615 e. The Morgan fingerprint density at radius 3 is 2.65 bits per heavy atom. The summed E-state index contributed by atoms with van der Waals surface area (Å²) in [5.41, 5.74) is 5.83. The van der Waals surface area contributed by atoms with E-state index in [1.54, 1.807) is 0 Å². The average molecular weight is 241 g/mol. The van der Waals surface area contributed by atoms with Gasteiger partial charge in [-0.3, -0.25) is 0 Å². The van der Waals surface area contributed by atoms with Crippen LogP contribution in [0.5, 0.6) is 0 Å². The lowest BCUT2D eigenvalue weighted by Gasteiger charge is -2.31. The fraction of sp³-hybridized carbons (Fsp3) is 1.00. The molecule has 1 aliphatic rings. The molecule has 0 aromatic rings. The second kappa shape index (κ2) is 8.93. The van der Waals surface area contributed by atoms with Crippen LogP contribution >= 0.6 is 0 Å². The average Bonchev–Trinajstić information content (AvgIpc) is 2.39. The van der Waals surface area contributed by atoms with Crippen LogP contribution in [-0.2, 0) is 4.74 Å². The Morgan fingerprint density at radius 1 is 1.24 bits per heavy atom. The van der Waals surface area contributed by atoms with Crippen molar-refractivity contribution in [1.82, 2.24) is 0 Å². The summed E-state index contributed by atoms with van der Waals surface area (Å²) in [6.07, 6.45) is 10.8. The Hall–Kier alpha value is -0.0800. The summed E-state index contributed by atoms with van der Waals surface area (Å²) in [5.74, 6) is 1.38. The maximum atomic E-state index is 6.16. The molecule has 2 N–H and O–H groups in total. The van der Waals surface area contributed by atoms with Crippen molar-refractivity contribution in [3.8, 4) is 0 Å². The van der Waals surface area contributed by atoms with Crippen LogP contribution in [0.15, 0.2) is 0 Å². The number of hydrogen-bond donors (Lipinski definition) is 1. The maximum absolute atomic E-state index is 6.16. The highest BCUT2D eigenvalue weighted by molar-refractivity contribution is 4.77. The summed E-state index contributed by atoms with van der Waals surface area (Å²) in [6.45, 7) is 6.30. The van der Waals surface area contributed by atoms with E-state index < -0.39 is 0 Å². The van der Waals surface area contributed by atoms with E-state index in [-0.39, 0.29) is 0 Å². The van der Waals surface area contributed by atoms with Crippen molar-refractivity contribution in [2.45, 2.75) is 71.3 Å². The third-order valence-corrected chi connectivity index (χ3v) is 4.23. The largest absolute Gasteiger partial charge is 0.378 e. The zero-order valence-corrected chi connectivity index (χ0v) is 11.8. The van der Waals surface area contributed by atoms with Gasteiger partial charge in [-0.2, -0.15) is 0 Å². The van der Waals surface area contributed by atoms with Crippen molar-refractivity contribution < 1.29 is 4.74 Å². The van der Waals surface area contributed by atoms with Crippen LogP contribution in [-0.4, -0.2) is 19.3 Å². The van der Waals surface area contributed by atoms with Gasteiger partial charge >= 0.3 is 0 Å². The molecule has 17 heavy (non-hydrogen) atoms. The number of ether oxygens (including phenoxy) is 1. The quantitative estimate of drug-likeness (QED) is 0.702. The van der Waals surface area contributed by atoms with E-state index in [0.29, 0.717) is 12.0 Å². The van der Waals surface area contributed by atoms with E-state index in [4.69, 9.17) is 10.5 Å². The molecule has 1 rings (SSSR count). The van der Waals surface area contributed by atoms with E-state index in [0.717, 1.165) is 19.1 Å². The molecule has 0 saturated heterocycles. The topological polar surface area (TPSA) is 35.2 Å². The number of hydrogen-bond acceptors (Lipinski definition) is 2. The fourth-order valence-corrected chi connectivity index (χ4v) is 2.82. The van der Waals surface area contributed by atoms with Gasteiger partial charge in [-0.1, -0.05) is 46.0 Å². The molecule has 0 aliphatic heterocycles. The zero-order chi connectivity index (χ0) is 12.5. The highest BCUT2D eigenvalue weighted by Gasteiger charge is 2.25. The molecule has 0 amide bonds. The van der Waals surface area contributed by atoms with Crippen molar-refractivity contribution in [3.63, 3.8) is 0 Å². The fourth-order valence-electron chi connectivity index (χ4n) is 2.82. The molecule has 3 unspecified atom stereocenters. The molecule has 1 saturated carbocycles. The predicted molar refractivity (Wildman–Crippen MR) is 74.1 cm³/mol. The Labute approximate surface area is 107 Å². The molecule has 0 bridgehead atoms. The van der Waals surface area contributed by atoms with Crippen LogP contribution in [0.3, 0.4) is 0 Å². The first-order valence-corrected chi connectivity index (χ1v) is 7.63. The molecule has 3 atom stereocenters. The van der Waals surface area contributed by atoms with Crippen molar-refractivity contribution in [1.29, 1.82) is 0 Å². The lowest BCUT2D eigenvalue weighted by Crippen LogP contribution is -2.34. The molecule has 1 fully saturated rings. The van der Waals surface area contributed by atoms with E-state index >= 15 is 0 Å². The van der Waals surface area contributed by atoms with Gasteiger partial charge in [-0.25, -0.2) is 0 Å². The molecular formula is C15H31NO. The minimum atomic E-state index is 0.449. The first-order chi connectivity index (χ1) is 8.31.